The Bertz CT molecular complexity index is 1190. The van der Waals surface area contributed by atoms with Crippen LogP contribution in [0.25, 0.3) is 0 Å². The lowest BCUT2D eigenvalue weighted by molar-refractivity contribution is -0.122. The molecule has 1 aliphatic heterocycles. The van der Waals surface area contributed by atoms with Crippen molar-refractivity contribution < 1.29 is 28.7 Å². The summed E-state index contributed by atoms with van der Waals surface area (Å²) in [5, 5.41) is 4.41. The third-order valence-electron chi connectivity index (χ3n) is 6.07. The molecule has 0 unspecified atom stereocenters. The molecule has 4 atom stereocenters. The minimum absolute atomic E-state index is 0.0841. The number of imide groups is 1. The van der Waals surface area contributed by atoms with E-state index in [2.05, 4.69) is 10.6 Å². The Hall–Kier alpha value is -3.43. The van der Waals surface area contributed by atoms with Gasteiger partial charge >= 0.3 is 5.97 Å². The number of carbonyl (C=O) groups is 5. The number of esters is 1. The van der Waals surface area contributed by atoms with E-state index in [-0.39, 0.29) is 29.0 Å². The van der Waals surface area contributed by atoms with Gasteiger partial charge in [-0.3, -0.25) is 24.1 Å². The van der Waals surface area contributed by atoms with Crippen molar-refractivity contribution in [2.24, 2.45) is 11.8 Å². The maximum absolute atomic E-state index is 13.0. The van der Waals surface area contributed by atoms with Gasteiger partial charge in [-0.25, -0.2) is 4.79 Å². The van der Waals surface area contributed by atoms with Gasteiger partial charge in [0.2, 0.25) is 17.7 Å². The number of anilines is 3. The largest absolute Gasteiger partial charge is 0.452 e. The standard InChI is InChI=1S/C25H23Cl2N3O6/c1-13(31)28-15-5-7-16(8-6-15)29-22(32)12-36-25(35)14-3-2-4-17(9-14)30-23(33)18-10-20(26)21(27)11-19(18)24(30)34/h2-9,18-21H,10-12H2,1H3,(H,28,31)(H,29,32)/t18-,19-,20-,21+/m1/s1. The van der Waals surface area contributed by atoms with Gasteiger partial charge in [-0.1, -0.05) is 6.07 Å². The first-order chi connectivity index (χ1) is 17.1. The summed E-state index contributed by atoms with van der Waals surface area (Å²) in [5.74, 6) is -3.38. The maximum atomic E-state index is 13.0. The van der Waals surface area contributed by atoms with E-state index in [1.54, 1.807) is 30.3 Å². The molecule has 188 valence electrons. The molecule has 2 N–H and O–H groups in total. The molecule has 0 radical (unpaired) electrons. The lowest BCUT2D eigenvalue weighted by atomic mass is 9.80. The van der Waals surface area contributed by atoms with Crippen molar-refractivity contribution in [3.05, 3.63) is 54.1 Å². The minimum atomic E-state index is -0.786. The van der Waals surface area contributed by atoms with Crippen LogP contribution in [0.3, 0.4) is 0 Å². The van der Waals surface area contributed by atoms with Crippen molar-refractivity contribution in [2.45, 2.75) is 30.5 Å². The van der Waals surface area contributed by atoms with Gasteiger partial charge < -0.3 is 15.4 Å². The third kappa shape index (κ3) is 5.52. The van der Waals surface area contributed by atoms with Crippen LogP contribution in [0, 0.1) is 11.8 Å². The highest BCUT2D eigenvalue weighted by Crippen LogP contribution is 2.43. The molecule has 2 fully saturated rings. The van der Waals surface area contributed by atoms with Crippen LogP contribution in [0.5, 0.6) is 0 Å². The van der Waals surface area contributed by atoms with E-state index in [1.807, 2.05) is 0 Å². The molecular weight excluding hydrogens is 509 g/mol. The summed E-state index contributed by atoms with van der Waals surface area (Å²) < 4.78 is 5.10. The van der Waals surface area contributed by atoms with E-state index >= 15 is 0 Å². The summed E-state index contributed by atoms with van der Waals surface area (Å²) >= 11 is 12.4. The molecule has 9 nitrogen and oxygen atoms in total. The highest BCUT2D eigenvalue weighted by atomic mass is 35.5. The maximum Gasteiger partial charge on any atom is 0.338 e. The van der Waals surface area contributed by atoms with Crippen LogP contribution in [0.2, 0.25) is 0 Å². The zero-order chi connectivity index (χ0) is 26.0. The average Bonchev–Trinajstić information content (AvgIpc) is 3.08. The Morgan fingerprint density at radius 1 is 0.917 bits per heavy atom. The zero-order valence-corrected chi connectivity index (χ0v) is 20.7. The van der Waals surface area contributed by atoms with Gasteiger partial charge in [0.1, 0.15) is 0 Å². The van der Waals surface area contributed by atoms with E-state index < -0.39 is 41.1 Å². The number of halogens is 2. The first-order valence-electron chi connectivity index (χ1n) is 11.2. The Kier molecular flexibility index (Phi) is 7.61. The summed E-state index contributed by atoms with van der Waals surface area (Å²) in [7, 11) is 0. The monoisotopic (exact) mass is 531 g/mol. The zero-order valence-electron chi connectivity index (χ0n) is 19.2. The van der Waals surface area contributed by atoms with Crippen molar-refractivity contribution in [1.29, 1.82) is 0 Å². The molecule has 0 aromatic heterocycles. The SMILES string of the molecule is CC(=O)Nc1ccc(NC(=O)COC(=O)c2cccc(N3C(=O)[C@@H]4C[C@@H](Cl)[C@@H](Cl)C[C@H]4C3=O)c2)cc1. The smallest absolute Gasteiger partial charge is 0.338 e. The second-order valence-corrected chi connectivity index (χ2v) is 9.78. The van der Waals surface area contributed by atoms with E-state index in [0.717, 1.165) is 4.90 Å². The first kappa shape index (κ1) is 25.7. The molecule has 1 aliphatic carbocycles. The summed E-state index contributed by atoms with van der Waals surface area (Å²) in [5.41, 5.74) is 1.36. The first-order valence-corrected chi connectivity index (χ1v) is 12.1. The topological polar surface area (TPSA) is 122 Å². The number of rotatable bonds is 6. The van der Waals surface area contributed by atoms with Crippen LogP contribution in [-0.4, -0.2) is 47.0 Å². The quantitative estimate of drug-likeness (QED) is 0.334. The number of amides is 4. The van der Waals surface area contributed by atoms with Crippen molar-refractivity contribution in [3.63, 3.8) is 0 Å². The molecular formula is C25H23Cl2N3O6. The molecule has 2 aromatic rings. The summed E-state index contributed by atoms with van der Waals surface area (Å²) in [6, 6.07) is 12.3. The van der Waals surface area contributed by atoms with Crippen LogP contribution in [0.4, 0.5) is 17.1 Å². The van der Waals surface area contributed by atoms with Crippen molar-refractivity contribution in [3.8, 4) is 0 Å². The van der Waals surface area contributed by atoms with Gasteiger partial charge in [0, 0.05) is 18.3 Å². The Morgan fingerprint density at radius 2 is 1.47 bits per heavy atom. The number of alkyl halides is 2. The summed E-state index contributed by atoms with van der Waals surface area (Å²) in [6.45, 7) is 0.842. The Balaban J connectivity index is 1.37. The number of hydrogen-bond acceptors (Lipinski definition) is 6. The number of benzene rings is 2. The van der Waals surface area contributed by atoms with Gasteiger partial charge in [-0.2, -0.15) is 0 Å². The molecule has 2 aliphatic rings. The second-order valence-electron chi connectivity index (χ2n) is 8.66. The molecule has 2 aromatic carbocycles. The fourth-order valence-corrected chi connectivity index (χ4v) is 4.96. The number of fused-ring (bicyclic) bond motifs is 1. The molecule has 4 rings (SSSR count). The lowest BCUT2D eigenvalue weighted by Gasteiger charge is -2.28. The number of ether oxygens (including phenoxy) is 1. The van der Waals surface area contributed by atoms with E-state index in [4.69, 9.17) is 27.9 Å². The van der Waals surface area contributed by atoms with Gasteiger partial charge in [0.05, 0.1) is 33.8 Å². The minimum Gasteiger partial charge on any atom is -0.452 e. The predicted octanol–water partition coefficient (Wildman–Crippen LogP) is 3.55. The Labute approximate surface area is 217 Å². The molecule has 1 heterocycles. The van der Waals surface area contributed by atoms with Crippen LogP contribution in [-0.2, 0) is 23.9 Å². The number of carbonyl (C=O) groups excluding carboxylic acids is 5. The number of nitrogens with zero attached hydrogens (tertiary/aromatic N) is 1. The van der Waals surface area contributed by atoms with Crippen LogP contribution in [0.1, 0.15) is 30.1 Å². The van der Waals surface area contributed by atoms with Gasteiger partial charge in [0.15, 0.2) is 6.61 Å². The van der Waals surface area contributed by atoms with E-state index in [0.29, 0.717) is 24.2 Å². The molecule has 36 heavy (non-hydrogen) atoms. The molecule has 0 spiro atoms. The fraction of sp³-hybridized carbons (Fsp3) is 0.320. The van der Waals surface area contributed by atoms with Gasteiger partial charge in [0.25, 0.3) is 5.91 Å². The average molecular weight is 532 g/mol. The van der Waals surface area contributed by atoms with Crippen LogP contribution >= 0.6 is 23.2 Å². The van der Waals surface area contributed by atoms with E-state index in [9.17, 15) is 24.0 Å². The lowest BCUT2D eigenvalue weighted by Crippen LogP contribution is -2.34. The van der Waals surface area contributed by atoms with Gasteiger partial charge in [-0.15, -0.1) is 23.2 Å². The summed E-state index contributed by atoms with van der Waals surface area (Å²) in [4.78, 5) is 62.8. The van der Waals surface area contributed by atoms with Gasteiger partial charge in [-0.05, 0) is 55.3 Å². The molecule has 0 bridgehead atoms. The normalized spacial score (nSPS) is 23.1. The molecule has 11 heteroatoms. The van der Waals surface area contributed by atoms with Crippen LogP contribution in [0.15, 0.2) is 48.5 Å². The predicted molar refractivity (Wildman–Crippen MR) is 134 cm³/mol. The summed E-state index contributed by atoms with van der Waals surface area (Å²) in [6.07, 6.45) is 0.628. The number of hydrogen-bond donors (Lipinski definition) is 2. The van der Waals surface area contributed by atoms with Crippen LogP contribution < -0.4 is 15.5 Å². The Morgan fingerprint density at radius 3 is 2.03 bits per heavy atom. The number of nitrogens with one attached hydrogen (secondary N) is 2. The molecule has 4 amide bonds. The highest BCUT2D eigenvalue weighted by Gasteiger charge is 2.52. The third-order valence-corrected chi connectivity index (χ3v) is 7.17. The van der Waals surface area contributed by atoms with Crippen molar-refractivity contribution in [1.82, 2.24) is 0 Å². The fourth-order valence-electron chi connectivity index (χ4n) is 4.37. The highest BCUT2D eigenvalue weighted by molar-refractivity contribution is 6.31. The molecule has 1 saturated heterocycles. The molecule has 1 saturated carbocycles. The van der Waals surface area contributed by atoms with Crippen molar-refractivity contribution in [2.75, 3.05) is 22.1 Å². The second kappa shape index (κ2) is 10.7. The van der Waals surface area contributed by atoms with Crippen molar-refractivity contribution >= 4 is 69.9 Å². The van der Waals surface area contributed by atoms with E-state index in [1.165, 1.54) is 25.1 Å².